The Morgan fingerprint density at radius 2 is 1.93 bits per heavy atom. The summed E-state index contributed by atoms with van der Waals surface area (Å²) in [6, 6.07) is 10.4. The Bertz CT molecular complexity index is 289. The van der Waals surface area contributed by atoms with Crippen LogP contribution in [0.5, 0.6) is 0 Å². The van der Waals surface area contributed by atoms with Crippen molar-refractivity contribution in [2.75, 3.05) is 0 Å². The Kier molecular flexibility index (Phi) is 5.09. The van der Waals surface area contributed by atoms with Crippen LogP contribution < -0.4 is 0 Å². The third-order valence-electron chi connectivity index (χ3n) is 2.75. The Hall–Kier alpha value is -1.11. The third-order valence-corrected chi connectivity index (χ3v) is 2.75. The van der Waals surface area contributed by atoms with Gasteiger partial charge >= 0.3 is 0 Å². The van der Waals surface area contributed by atoms with E-state index in [2.05, 4.69) is 19.1 Å². The first-order valence-electron chi connectivity index (χ1n) is 5.80. The summed E-state index contributed by atoms with van der Waals surface area (Å²) in [5, 5.41) is 0. The second-order valence-corrected chi connectivity index (χ2v) is 4.14. The molecular formula is C14H20O. The number of benzene rings is 1. The number of carbonyl (C=O) groups excluding carboxylic acids is 1. The molecule has 1 nitrogen and oxygen atoms in total. The van der Waals surface area contributed by atoms with Crippen LogP contribution in [0.15, 0.2) is 30.3 Å². The molecule has 1 aromatic rings. The zero-order chi connectivity index (χ0) is 11.1. The van der Waals surface area contributed by atoms with E-state index in [1.807, 2.05) is 25.1 Å². The Morgan fingerprint density at radius 1 is 1.27 bits per heavy atom. The molecule has 0 radical (unpaired) electrons. The molecule has 1 aromatic carbocycles. The molecule has 15 heavy (non-hydrogen) atoms. The molecule has 0 spiro atoms. The van der Waals surface area contributed by atoms with Crippen molar-refractivity contribution >= 4 is 5.78 Å². The van der Waals surface area contributed by atoms with Gasteiger partial charge in [-0.15, -0.1) is 0 Å². The highest BCUT2D eigenvalue weighted by Crippen LogP contribution is 2.12. The van der Waals surface area contributed by atoms with Gasteiger partial charge in [-0.1, -0.05) is 44.2 Å². The average molecular weight is 204 g/mol. The van der Waals surface area contributed by atoms with E-state index >= 15 is 0 Å². The van der Waals surface area contributed by atoms with Crippen LogP contribution in [-0.2, 0) is 11.2 Å². The summed E-state index contributed by atoms with van der Waals surface area (Å²) in [4.78, 5) is 11.6. The van der Waals surface area contributed by atoms with E-state index in [1.54, 1.807) is 0 Å². The van der Waals surface area contributed by atoms with Crippen molar-refractivity contribution in [3.63, 3.8) is 0 Å². The quantitative estimate of drug-likeness (QED) is 0.691. The van der Waals surface area contributed by atoms with Crippen LogP contribution in [0, 0.1) is 5.92 Å². The molecule has 1 atom stereocenters. The molecule has 0 aliphatic rings. The molecule has 0 heterocycles. The molecule has 0 aliphatic heterocycles. The van der Waals surface area contributed by atoms with Crippen molar-refractivity contribution in [3.05, 3.63) is 35.9 Å². The molecule has 0 fully saturated rings. The van der Waals surface area contributed by atoms with Crippen LogP contribution in [0.1, 0.15) is 38.7 Å². The molecule has 1 unspecified atom stereocenters. The number of carbonyl (C=O) groups is 1. The first kappa shape index (κ1) is 12.0. The highest BCUT2D eigenvalue weighted by atomic mass is 16.1. The predicted molar refractivity (Wildman–Crippen MR) is 63.8 cm³/mol. The van der Waals surface area contributed by atoms with Gasteiger partial charge in [-0.2, -0.15) is 0 Å². The van der Waals surface area contributed by atoms with Crippen molar-refractivity contribution in [2.45, 2.75) is 39.5 Å². The average Bonchev–Trinajstić information content (AvgIpc) is 2.27. The Labute approximate surface area is 92.5 Å². The molecule has 0 saturated carbocycles. The first-order valence-corrected chi connectivity index (χ1v) is 5.80. The molecule has 0 aliphatic carbocycles. The van der Waals surface area contributed by atoms with Crippen molar-refractivity contribution in [1.82, 2.24) is 0 Å². The fraction of sp³-hybridized carbons (Fsp3) is 0.500. The van der Waals surface area contributed by atoms with E-state index in [9.17, 15) is 4.79 Å². The predicted octanol–water partition coefficient (Wildman–Crippen LogP) is 3.62. The second-order valence-electron chi connectivity index (χ2n) is 4.14. The number of hydrogen-bond acceptors (Lipinski definition) is 1. The van der Waals surface area contributed by atoms with E-state index in [4.69, 9.17) is 0 Å². The summed E-state index contributed by atoms with van der Waals surface area (Å²) >= 11 is 0. The van der Waals surface area contributed by atoms with Gasteiger partial charge in [0.25, 0.3) is 0 Å². The van der Waals surface area contributed by atoms with Crippen LogP contribution in [0.3, 0.4) is 0 Å². The standard InChI is InChI=1S/C14H20O/c1-3-7-14(15)12(2)10-11-13-8-5-4-6-9-13/h4-6,8-9,12H,3,7,10-11H2,1-2H3. The largest absolute Gasteiger partial charge is 0.299 e. The van der Waals surface area contributed by atoms with Gasteiger partial charge in [0.15, 0.2) is 0 Å². The summed E-state index contributed by atoms with van der Waals surface area (Å²) in [5.41, 5.74) is 1.33. The van der Waals surface area contributed by atoms with Gasteiger partial charge in [0.1, 0.15) is 5.78 Å². The van der Waals surface area contributed by atoms with Crippen LogP contribution in [-0.4, -0.2) is 5.78 Å². The molecule has 0 aromatic heterocycles. The normalized spacial score (nSPS) is 12.4. The van der Waals surface area contributed by atoms with Gasteiger partial charge < -0.3 is 0 Å². The van der Waals surface area contributed by atoms with Crippen molar-refractivity contribution in [3.8, 4) is 0 Å². The zero-order valence-electron chi connectivity index (χ0n) is 9.70. The lowest BCUT2D eigenvalue weighted by Gasteiger charge is -2.09. The highest BCUT2D eigenvalue weighted by molar-refractivity contribution is 5.80. The lowest BCUT2D eigenvalue weighted by molar-refractivity contribution is -0.122. The lowest BCUT2D eigenvalue weighted by Crippen LogP contribution is -2.11. The maximum Gasteiger partial charge on any atom is 0.135 e. The summed E-state index contributed by atoms with van der Waals surface area (Å²) in [6.45, 7) is 4.10. The summed E-state index contributed by atoms with van der Waals surface area (Å²) < 4.78 is 0. The molecular weight excluding hydrogens is 184 g/mol. The zero-order valence-corrected chi connectivity index (χ0v) is 9.70. The number of rotatable bonds is 6. The van der Waals surface area contributed by atoms with Gasteiger partial charge in [0.2, 0.25) is 0 Å². The summed E-state index contributed by atoms with van der Waals surface area (Å²) in [5.74, 6) is 0.624. The van der Waals surface area contributed by atoms with Crippen molar-refractivity contribution < 1.29 is 4.79 Å². The van der Waals surface area contributed by atoms with Gasteiger partial charge in [-0.3, -0.25) is 4.79 Å². The van der Waals surface area contributed by atoms with E-state index in [-0.39, 0.29) is 5.92 Å². The van der Waals surface area contributed by atoms with Crippen LogP contribution in [0.2, 0.25) is 0 Å². The van der Waals surface area contributed by atoms with E-state index in [0.29, 0.717) is 5.78 Å². The molecule has 0 bridgehead atoms. The van der Waals surface area contributed by atoms with Crippen LogP contribution in [0.25, 0.3) is 0 Å². The van der Waals surface area contributed by atoms with Gasteiger partial charge in [-0.05, 0) is 24.8 Å². The van der Waals surface area contributed by atoms with E-state index in [0.717, 1.165) is 25.7 Å². The van der Waals surface area contributed by atoms with Gasteiger partial charge in [0, 0.05) is 12.3 Å². The monoisotopic (exact) mass is 204 g/mol. The maximum atomic E-state index is 11.6. The fourth-order valence-electron chi connectivity index (χ4n) is 1.68. The number of ketones is 1. The minimum atomic E-state index is 0.213. The number of aryl methyl sites for hydroxylation is 1. The van der Waals surface area contributed by atoms with Gasteiger partial charge in [-0.25, -0.2) is 0 Å². The first-order chi connectivity index (χ1) is 7.24. The number of hydrogen-bond donors (Lipinski definition) is 0. The molecule has 0 saturated heterocycles. The topological polar surface area (TPSA) is 17.1 Å². The lowest BCUT2D eigenvalue weighted by atomic mass is 9.95. The summed E-state index contributed by atoms with van der Waals surface area (Å²) in [7, 11) is 0. The van der Waals surface area contributed by atoms with Gasteiger partial charge in [0.05, 0.1) is 0 Å². The van der Waals surface area contributed by atoms with Crippen LogP contribution >= 0.6 is 0 Å². The minimum Gasteiger partial charge on any atom is -0.299 e. The molecule has 1 rings (SSSR count). The highest BCUT2D eigenvalue weighted by Gasteiger charge is 2.11. The van der Waals surface area contributed by atoms with E-state index in [1.165, 1.54) is 5.56 Å². The Balaban J connectivity index is 2.34. The third kappa shape index (κ3) is 4.28. The Morgan fingerprint density at radius 3 is 2.53 bits per heavy atom. The van der Waals surface area contributed by atoms with E-state index < -0.39 is 0 Å². The van der Waals surface area contributed by atoms with Crippen molar-refractivity contribution in [1.29, 1.82) is 0 Å². The van der Waals surface area contributed by atoms with Crippen molar-refractivity contribution in [2.24, 2.45) is 5.92 Å². The number of Topliss-reactive ketones (excluding diaryl/α,β-unsaturated/α-hetero) is 1. The molecule has 0 amide bonds. The summed E-state index contributed by atoms with van der Waals surface area (Å²) in [6.07, 6.45) is 3.69. The fourth-order valence-corrected chi connectivity index (χ4v) is 1.68. The molecule has 0 N–H and O–H groups in total. The SMILES string of the molecule is CCCC(=O)C(C)CCc1ccccc1. The molecule has 1 heteroatoms. The maximum absolute atomic E-state index is 11.6. The van der Waals surface area contributed by atoms with Crippen LogP contribution in [0.4, 0.5) is 0 Å². The smallest absolute Gasteiger partial charge is 0.135 e. The minimum absolute atomic E-state index is 0.213. The molecule has 82 valence electrons. The second kappa shape index (κ2) is 6.39.